The van der Waals surface area contributed by atoms with Gasteiger partial charge in [-0.05, 0) is 24.8 Å². The van der Waals surface area contributed by atoms with Crippen molar-refractivity contribution in [2.75, 3.05) is 6.54 Å². The molecule has 5 aromatic rings. The van der Waals surface area contributed by atoms with Crippen LogP contribution in [-0.2, 0) is 13.5 Å². The van der Waals surface area contributed by atoms with Gasteiger partial charge in [0.1, 0.15) is 23.1 Å². The van der Waals surface area contributed by atoms with Crippen molar-refractivity contribution >= 4 is 16.9 Å². The molecule has 1 amide bonds. The van der Waals surface area contributed by atoms with Crippen molar-refractivity contribution < 1.29 is 13.6 Å². The van der Waals surface area contributed by atoms with Gasteiger partial charge in [0.2, 0.25) is 0 Å². The average molecular weight is 455 g/mol. The Balaban J connectivity index is 1.34. The molecule has 1 atom stereocenters. The zero-order valence-electron chi connectivity index (χ0n) is 18.4. The van der Waals surface area contributed by atoms with E-state index in [-0.39, 0.29) is 17.7 Å². The smallest absolute Gasteiger partial charge is 0.312 e. The van der Waals surface area contributed by atoms with Crippen LogP contribution in [0, 0.1) is 0 Å². The van der Waals surface area contributed by atoms with E-state index in [0.29, 0.717) is 24.6 Å². The first-order chi connectivity index (χ1) is 16.7. The maximum Gasteiger partial charge on any atom is 0.312 e. The molecule has 1 aromatic carbocycles. The number of aromatic nitrogens is 6. The van der Waals surface area contributed by atoms with Gasteiger partial charge in [-0.1, -0.05) is 18.2 Å². The van der Waals surface area contributed by atoms with Gasteiger partial charge in [0.15, 0.2) is 0 Å². The second kappa shape index (κ2) is 7.14. The highest BCUT2D eigenvalue weighted by Gasteiger charge is 2.42. The Labute approximate surface area is 193 Å². The Morgan fingerprint density at radius 1 is 1.18 bits per heavy atom. The van der Waals surface area contributed by atoms with E-state index in [1.807, 2.05) is 25.2 Å². The molecular weight excluding hydrogens is 434 g/mol. The molecule has 1 saturated carbocycles. The SMILES string of the molecule is Cn1cncc1-c1nnc(C(=O)N2CCc3[nH]cnc3[C@H]2c2oc3ccccc3c2C2CC2)o1. The molecule has 0 unspecified atom stereocenters. The van der Waals surface area contributed by atoms with Gasteiger partial charge in [-0.3, -0.25) is 4.79 Å². The monoisotopic (exact) mass is 455 g/mol. The van der Waals surface area contributed by atoms with Crippen molar-refractivity contribution in [1.29, 1.82) is 0 Å². The number of aryl methyl sites for hydroxylation is 1. The quantitative estimate of drug-likeness (QED) is 0.440. The van der Waals surface area contributed by atoms with E-state index in [1.165, 1.54) is 5.56 Å². The number of fused-ring (bicyclic) bond motifs is 2. The van der Waals surface area contributed by atoms with Crippen LogP contribution in [0.3, 0.4) is 0 Å². The van der Waals surface area contributed by atoms with Crippen LogP contribution >= 0.6 is 0 Å². The van der Waals surface area contributed by atoms with Crippen LogP contribution < -0.4 is 0 Å². The lowest BCUT2D eigenvalue weighted by Crippen LogP contribution is -2.41. The molecule has 4 aromatic heterocycles. The zero-order valence-corrected chi connectivity index (χ0v) is 18.4. The number of para-hydroxylation sites is 1. The molecule has 10 heteroatoms. The predicted molar refractivity (Wildman–Crippen MR) is 120 cm³/mol. The number of nitrogens with zero attached hydrogens (tertiary/aromatic N) is 6. The minimum Gasteiger partial charge on any atom is -0.458 e. The fraction of sp³-hybridized carbons (Fsp3) is 0.292. The van der Waals surface area contributed by atoms with Crippen LogP contribution in [0.1, 0.15) is 58.2 Å². The standard InChI is InChI=1S/C24H21N7O3/c1-30-12-25-10-16(30)22-28-29-23(34-22)24(32)31-9-8-15-19(27-11-26-15)20(31)21-18(13-6-7-13)14-4-2-3-5-17(14)33-21/h2-5,10-13,20H,6-9H2,1H3,(H,26,27)/t20-/m0/s1. The largest absolute Gasteiger partial charge is 0.458 e. The average Bonchev–Trinajstić information content (AvgIpc) is 3.25. The number of amides is 1. The lowest BCUT2D eigenvalue weighted by atomic mass is 9.95. The third-order valence-corrected chi connectivity index (χ3v) is 6.73. The van der Waals surface area contributed by atoms with E-state index in [9.17, 15) is 4.79 Å². The third-order valence-electron chi connectivity index (χ3n) is 6.73. The van der Waals surface area contributed by atoms with E-state index in [0.717, 1.165) is 41.0 Å². The molecule has 1 fully saturated rings. The van der Waals surface area contributed by atoms with Gasteiger partial charge in [0, 0.05) is 36.7 Å². The van der Waals surface area contributed by atoms with E-state index in [4.69, 9.17) is 8.83 Å². The van der Waals surface area contributed by atoms with Gasteiger partial charge in [0.05, 0.1) is 24.5 Å². The Morgan fingerprint density at radius 3 is 2.88 bits per heavy atom. The van der Waals surface area contributed by atoms with E-state index < -0.39 is 6.04 Å². The molecule has 10 nitrogen and oxygen atoms in total. The highest BCUT2D eigenvalue weighted by molar-refractivity contribution is 5.91. The number of aromatic amines is 1. The number of benzene rings is 1. The fourth-order valence-corrected chi connectivity index (χ4v) is 4.94. The molecule has 7 rings (SSSR count). The number of furan rings is 1. The Hall–Kier alpha value is -4.21. The summed E-state index contributed by atoms with van der Waals surface area (Å²) >= 11 is 0. The summed E-state index contributed by atoms with van der Waals surface area (Å²) in [4.78, 5) is 27.4. The first-order valence-electron chi connectivity index (χ1n) is 11.3. The first-order valence-corrected chi connectivity index (χ1v) is 11.3. The van der Waals surface area contributed by atoms with Crippen molar-refractivity contribution in [1.82, 2.24) is 34.6 Å². The minimum atomic E-state index is -0.474. The number of nitrogens with one attached hydrogen (secondary N) is 1. The number of carbonyl (C=O) groups excluding carboxylic acids is 1. The summed E-state index contributed by atoms with van der Waals surface area (Å²) in [5.74, 6) is 1.04. The Morgan fingerprint density at radius 2 is 2.06 bits per heavy atom. The molecule has 1 aliphatic heterocycles. The molecular formula is C24H21N7O3. The summed E-state index contributed by atoms with van der Waals surface area (Å²) in [5, 5.41) is 9.26. The summed E-state index contributed by atoms with van der Waals surface area (Å²) in [6, 6.07) is 7.58. The molecule has 2 aliphatic rings. The summed E-state index contributed by atoms with van der Waals surface area (Å²) in [6.45, 7) is 0.475. The molecule has 34 heavy (non-hydrogen) atoms. The topological polar surface area (TPSA) is 119 Å². The highest BCUT2D eigenvalue weighted by atomic mass is 16.4. The van der Waals surface area contributed by atoms with E-state index >= 15 is 0 Å². The first kappa shape index (κ1) is 19.3. The maximum atomic E-state index is 13.7. The number of hydrogen-bond acceptors (Lipinski definition) is 7. The van der Waals surface area contributed by atoms with Crippen molar-refractivity contribution in [3.63, 3.8) is 0 Å². The van der Waals surface area contributed by atoms with Gasteiger partial charge >= 0.3 is 11.8 Å². The van der Waals surface area contributed by atoms with Crippen molar-refractivity contribution in [3.05, 3.63) is 71.7 Å². The predicted octanol–water partition coefficient (Wildman–Crippen LogP) is 3.60. The lowest BCUT2D eigenvalue weighted by molar-refractivity contribution is 0.0631. The summed E-state index contributed by atoms with van der Waals surface area (Å²) in [6.07, 6.45) is 7.82. The maximum absolute atomic E-state index is 13.7. The summed E-state index contributed by atoms with van der Waals surface area (Å²) in [7, 11) is 1.83. The molecule has 1 aliphatic carbocycles. The molecule has 0 saturated heterocycles. The number of rotatable bonds is 4. The second-order valence-electron chi connectivity index (χ2n) is 8.87. The van der Waals surface area contributed by atoms with Crippen LogP contribution in [0.4, 0.5) is 0 Å². The van der Waals surface area contributed by atoms with Gasteiger partial charge in [-0.15, -0.1) is 10.2 Å². The molecule has 0 bridgehead atoms. The van der Waals surface area contributed by atoms with Crippen LogP contribution in [0.2, 0.25) is 0 Å². The van der Waals surface area contributed by atoms with Crippen LogP contribution in [0.15, 0.2) is 52.0 Å². The van der Waals surface area contributed by atoms with E-state index in [1.54, 1.807) is 28.3 Å². The lowest BCUT2D eigenvalue weighted by Gasteiger charge is -2.33. The number of carbonyl (C=O) groups is 1. The Kier molecular flexibility index (Phi) is 4.05. The number of H-pyrrole nitrogens is 1. The molecule has 1 N–H and O–H groups in total. The van der Waals surface area contributed by atoms with Crippen molar-refractivity contribution in [2.45, 2.75) is 31.2 Å². The van der Waals surface area contributed by atoms with Crippen molar-refractivity contribution in [3.8, 4) is 11.6 Å². The third kappa shape index (κ3) is 2.84. The van der Waals surface area contributed by atoms with E-state index in [2.05, 4.69) is 31.2 Å². The second-order valence-corrected chi connectivity index (χ2v) is 8.87. The van der Waals surface area contributed by atoms with Gasteiger partial charge in [-0.25, -0.2) is 9.97 Å². The molecule has 170 valence electrons. The minimum absolute atomic E-state index is 0.0655. The van der Waals surface area contributed by atoms with Crippen LogP contribution in [0.25, 0.3) is 22.6 Å². The van der Waals surface area contributed by atoms with Crippen molar-refractivity contribution in [2.24, 2.45) is 7.05 Å². The summed E-state index contributed by atoms with van der Waals surface area (Å²) in [5.41, 5.74) is 4.45. The normalized spacial score (nSPS) is 17.9. The number of hydrogen-bond donors (Lipinski definition) is 1. The summed E-state index contributed by atoms with van der Waals surface area (Å²) < 4.78 is 14.0. The van der Waals surface area contributed by atoms with Gasteiger partial charge in [-0.2, -0.15) is 0 Å². The molecule has 5 heterocycles. The van der Waals surface area contributed by atoms with Crippen LogP contribution in [0.5, 0.6) is 0 Å². The van der Waals surface area contributed by atoms with Crippen LogP contribution in [-0.4, -0.2) is 47.1 Å². The highest BCUT2D eigenvalue weighted by Crippen LogP contribution is 2.50. The fourth-order valence-electron chi connectivity index (χ4n) is 4.94. The zero-order chi connectivity index (χ0) is 22.8. The molecule has 0 radical (unpaired) electrons. The number of imidazole rings is 2. The van der Waals surface area contributed by atoms with Gasteiger partial charge < -0.3 is 23.3 Å². The molecule has 0 spiro atoms. The van der Waals surface area contributed by atoms with Gasteiger partial charge in [0.25, 0.3) is 5.89 Å². The Bertz CT molecular complexity index is 1540.